The van der Waals surface area contributed by atoms with E-state index in [0.717, 1.165) is 44.5 Å². The Morgan fingerprint density at radius 3 is 2.92 bits per heavy atom. The van der Waals surface area contributed by atoms with Crippen molar-refractivity contribution >= 4 is 5.91 Å². The summed E-state index contributed by atoms with van der Waals surface area (Å²) in [6.07, 6.45) is 5.50. The molecule has 0 bridgehead atoms. The molecule has 134 valence electrons. The number of carbonyl (C=O) groups excluding carboxylic acids is 1. The average Bonchev–Trinajstić information content (AvgIpc) is 3.28. The van der Waals surface area contributed by atoms with Crippen molar-refractivity contribution in [3.05, 3.63) is 24.2 Å². The van der Waals surface area contributed by atoms with Gasteiger partial charge in [-0.2, -0.15) is 0 Å². The molecule has 3 atom stereocenters. The highest BCUT2D eigenvalue weighted by molar-refractivity contribution is 5.74. The van der Waals surface area contributed by atoms with Crippen LogP contribution in [0.25, 0.3) is 0 Å². The van der Waals surface area contributed by atoms with Crippen LogP contribution in [0.15, 0.2) is 22.8 Å². The summed E-state index contributed by atoms with van der Waals surface area (Å²) < 4.78 is 10.7. The highest BCUT2D eigenvalue weighted by Gasteiger charge is 2.39. The van der Waals surface area contributed by atoms with Crippen LogP contribution in [0.5, 0.6) is 0 Å². The lowest BCUT2D eigenvalue weighted by molar-refractivity contribution is -0.130. The second kappa shape index (κ2) is 8.14. The zero-order valence-corrected chi connectivity index (χ0v) is 14.4. The number of β-amino-alcohol motifs (C(OH)–C–C–N with tert-alkyl or cyclic N) is 1. The van der Waals surface area contributed by atoms with E-state index >= 15 is 0 Å². The Kier molecular flexibility index (Phi) is 5.92. The molecule has 2 fully saturated rings. The molecule has 0 radical (unpaired) electrons. The largest absolute Gasteiger partial charge is 0.467 e. The zero-order chi connectivity index (χ0) is 16.9. The van der Waals surface area contributed by atoms with E-state index in [-0.39, 0.29) is 5.91 Å². The van der Waals surface area contributed by atoms with Crippen molar-refractivity contribution in [1.82, 2.24) is 9.80 Å². The molecule has 0 saturated carbocycles. The van der Waals surface area contributed by atoms with Crippen molar-refractivity contribution < 1.29 is 19.1 Å². The van der Waals surface area contributed by atoms with Gasteiger partial charge in [0.2, 0.25) is 5.91 Å². The van der Waals surface area contributed by atoms with Gasteiger partial charge in [0.1, 0.15) is 12.4 Å². The molecule has 6 nitrogen and oxygen atoms in total. The van der Waals surface area contributed by atoms with E-state index in [4.69, 9.17) is 9.15 Å². The minimum absolute atomic E-state index is 0.173. The first-order valence-corrected chi connectivity index (χ1v) is 8.94. The van der Waals surface area contributed by atoms with Gasteiger partial charge >= 0.3 is 0 Å². The van der Waals surface area contributed by atoms with E-state index in [2.05, 4.69) is 4.90 Å². The minimum atomic E-state index is -0.521. The molecule has 3 rings (SSSR count). The van der Waals surface area contributed by atoms with Crippen LogP contribution in [-0.2, 0) is 16.1 Å². The molecule has 1 N–H and O–H groups in total. The number of amides is 1. The quantitative estimate of drug-likeness (QED) is 0.820. The van der Waals surface area contributed by atoms with Gasteiger partial charge in [0.15, 0.2) is 0 Å². The zero-order valence-electron chi connectivity index (χ0n) is 14.4. The normalized spacial score (nSPS) is 26.2. The second-order valence-corrected chi connectivity index (χ2v) is 6.87. The van der Waals surface area contributed by atoms with Crippen LogP contribution in [0.1, 0.15) is 38.4 Å². The number of aliphatic hydroxyl groups is 1. The van der Waals surface area contributed by atoms with Crippen LogP contribution in [0.2, 0.25) is 0 Å². The highest BCUT2D eigenvalue weighted by Crippen LogP contribution is 2.30. The molecule has 0 unspecified atom stereocenters. The Balaban J connectivity index is 1.47. The Morgan fingerprint density at radius 1 is 1.38 bits per heavy atom. The topological polar surface area (TPSA) is 66.2 Å². The number of rotatable bonds is 7. The van der Waals surface area contributed by atoms with Crippen LogP contribution < -0.4 is 0 Å². The van der Waals surface area contributed by atoms with Crippen LogP contribution >= 0.6 is 0 Å². The summed E-state index contributed by atoms with van der Waals surface area (Å²) in [6.45, 7) is 4.81. The van der Waals surface area contributed by atoms with E-state index < -0.39 is 6.10 Å². The Bertz CT molecular complexity index is 519. The molecular weight excluding hydrogens is 308 g/mol. The number of likely N-dealkylation sites (tertiary alicyclic amines) is 2. The second-order valence-electron chi connectivity index (χ2n) is 6.87. The number of ether oxygens (including phenoxy) is 1. The number of furan rings is 1. The van der Waals surface area contributed by atoms with Crippen molar-refractivity contribution in [2.45, 2.75) is 57.4 Å². The van der Waals surface area contributed by atoms with Gasteiger partial charge in [0.25, 0.3) is 0 Å². The summed E-state index contributed by atoms with van der Waals surface area (Å²) in [7, 11) is 0. The number of carbonyl (C=O) groups is 1. The maximum atomic E-state index is 11.8. The smallest absolute Gasteiger partial charge is 0.219 e. The van der Waals surface area contributed by atoms with E-state index in [9.17, 15) is 9.90 Å². The molecule has 1 aromatic rings. The van der Waals surface area contributed by atoms with Crippen molar-refractivity contribution in [2.24, 2.45) is 0 Å². The highest BCUT2D eigenvalue weighted by atomic mass is 16.5. The Hall–Kier alpha value is -1.37. The Labute approximate surface area is 143 Å². The van der Waals surface area contributed by atoms with Gasteiger partial charge in [-0.05, 0) is 44.4 Å². The van der Waals surface area contributed by atoms with Crippen molar-refractivity contribution in [3.63, 3.8) is 0 Å². The fourth-order valence-electron chi connectivity index (χ4n) is 4.11. The van der Waals surface area contributed by atoms with Gasteiger partial charge < -0.3 is 19.2 Å². The van der Waals surface area contributed by atoms with Crippen molar-refractivity contribution in [2.75, 3.05) is 26.2 Å². The third-order valence-electron chi connectivity index (χ3n) is 5.14. The third-order valence-corrected chi connectivity index (χ3v) is 5.14. The molecule has 24 heavy (non-hydrogen) atoms. The van der Waals surface area contributed by atoms with Crippen LogP contribution in [0, 0.1) is 0 Å². The molecule has 3 heterocycles. The van der Waals surface area contributed by atoms with Crippen LogP contribution in [0.4, 0.5) is 0 Å². The molecular formula is C18H28N2O4. The standard InChI is InChI=1S/C18H28N2O4/c1-14(21)20-9-3-7-18(20)17-6-2-8-19(17)11-15(22)12-23-13-16-5-4-10-24-16/h4-5,10,15,17-18,22H,2-3,6-9,11-13H2,1H3/t15-,17-,18+/m0/s1. The van der Waals surface area contributed by atoms with E-state index in [1.54, 1.807) is 13.2 Å². The molecule has 1 amide bonds. The van der Waals surface area contributed by atoms with Gasteiger partial charge in [0.05, 0.1) is 19.0 Å². The molecule has 1 aromatic heterocycles. The van der Waals surface area contributed by atoms with Gasteiger partial charge in [-0.15, -0.1) is 0 Å². The third kappa shape index (κ3) is 4.18. The van der Waals surface area contributed by atoms with E-state index in [1.807, 2.05) is 17.0 Å². The van der Waals surface area contributed by atoms with Gasteiger partial charge in [-0.1, -0.05) is 0 Å². The number of hydrogen-bond donors (Lipinski definition) is 1. The maximum Gasteiger partial charge on any atom is 0.219 e. The Morgan fingerprint density at radius 2 is 2.17 bits per heavy atom. The lowest BCUT2D eigenvalue weighted by Gasteiger charge is -2.35. The van der Waals surface area contributed by atoms with E-state index in [0.29, 0.717) is 31.8 Å². The van der Waals surface area contributed by atoms with Gasteiger partial charge in [-0.3, -0.25) is 9.69 Å². The summed E-state index contributed by atoms with van der Waals surface area (Å²) in [5, 5.41) is 10.3. The first-order chi connectivity index (χ1) is 11.6. The first-order valence-electron chi connectivity index (χ1n) is 8.94. The molecule has 0 aromatic carbocycles. The number of nitrogens with zero attached hydrogens (tertiary/aromatic N) is 2. The summed E-state index contributed by atoms with van der Waals surface area (Å²) in [5.74, 6) is 0.941. The van der Waals surface area contributed by atoms with E-state index in [1.165, 1.54) is 0 Å². The molecule has 2 aliphatic rings. The average molecular weight is 336 g/mol. The summed E-state index contributed by atoms with van der Waals surface area (Å²) >= 11 is 0. The molecule has 0 spiro atoms. The lowest BCUT2D eigenvalue weighted by Crippen LogP contribution is -2.49. The first kappa shape index (κ1) is 17.5. The summed E-state index contributed by atoms with van der Waals surface area (Å²) in [4.78, 5) is 16.2. The van der Waals surface area contributed by atoms with Crippen molar-refractivity contribution in [3.8, 4) is 0 Å². The number of aliphatic hydroxyl groups excluding tert-OH is 1. The minimum Gasteiger partial charge on any atom is -0.467 e. The van der Waals surface area contributed by atoms with Crippen molar-refractivity contribution in [1.29, 1.82) is 0 Å². The molecule has 6 heteroatoms. The predicted octanol–water partition coefficient (Wildman–Crippen LogP) is 1.63. The van der Waals surface area contributed by atoms with Gasteiger partial charge in [-0.25, -0.2) is 0 Å². The fourth-order valence-corrected chi connectivity index (χ4v) is 4.11. The van der Waals surface area contributed by atoms with Crippen LogP contribution in [-0.4, -0.2) is 65.2 Å². The lowest BCUT2D eigenvalue weighted by atomic mass is 10.0. The maximum absolute atomic E-state index is 11.8. The monoisotopic (exact) mass is 336 g/mol. The van der Waals surface area contributed by atoms with Crippen LogP contribution in [0.3, 0.4) is 0 Å². The SMILES string of the molecule is CC(=O)N1CCC[C@@H]1[C@@H]1CCCN1C[C@H](O)COCc1ccco1. The molecule has 2 saturated heterocycles. The van der Waals surface area contributed by atoms with Gasteiger partial charge in [0, 0.05) is 32.1 Å². The summed E-state index contributed by atoms with van der Waals surface area (Å²) in [6, 6.07) is 4.36. The molecule has 0 aliphatic carbocycles. The molecule has 2 aliphatic heterocycles. The number of hydrogen-bond acceptors (Lipinski definition) is 5. The summed E-state index contributed by atoms with van der Waals surface area (Å²) in [5.41, 5.74) is 0. The predicted molar refractivity (Wildman–Crippen MR) is 89.4 cm³/mol. The fraction of sp³-hybridized carbons (Fsp3) is 0.722.